The molecule has 3 aromatic rings. The van der Waals surface area contributed by atoms with Crippen LogP contribution in [0.15, 0.2) is 37.1 Å². The quantitative estimate of drug-likeness (QED) is 0.791. The molecular weight excluding hydrogens is 286 g/mol. The van der Waals surface area contributed by atoms with Gasteiger partial charge in [0.2, 0.25) is 0 Å². The number of aromatic nitrogens is 4. The molecule has 1 fully saturated rings. The predicted molar refractivity (Wildman–Crippen MR) is 89.3 cm³/mol. The lowest BCUT2D eigenvalue weighted by Gasteiger charge is -2.45. The molecule has 118 valence electrons. The molecule has 0 bridgehead atoms. The van der Waals surface area contributed by atoms with Gasteiger partial charge in [-0.1, -0.05) is 12.1 Å². The van der Waals surface area contributed by atoms with Gasteiger partial charge in [-0.25, -0.2) is 0 Å². The molecule has 1 N–H and O–H groups in total. The maximum absolute atomic E-state index is 3.94. The number of fused-ring (bicyclic) bond motifs is 2. The number of hydrogen-bond donors (Lipinski definition) is 1. The summed E-state index contributed by atoms with van der Waals surface area (Å²) >= 11 is 0. The molecule has 0 radical (unpaired) electrons. The summed E-state index contributed by atoms with van der Waals surface area (Å²) in [5.41, 5.74) is 4.32. The first-order valence-corrected chi connectivity index (χ1v) is 8.41. The van der Waals surface area contributed by atoms with Gasteiger partial charge in [0.15, 0.2) is 0 Å². The Hall–Kier alpha value is -2.14. The predicted octanol–water partition coefficient (Wildman–Crippen LogP) is 2.42. The van der Waals surface area contributed by atoms with Crippen LogP contribution in [0.1, 0.15) is 23.5 Å². The second-order valence-corrected chi connectivity index (χ2v) is 7.16. The molecule has 0 amide bonds. The summed E-state index contributed by atoms with van der Waals surface area (Å²) in [4.78, 5) is 6.02. The van der Waals surface area contributed by atoms with E-state index >= 15 is 0 Å². The summed E-state index contributed by atoms with van der Waals surface area (Å²) < 4.78 is 2.12. The molecule has 3 atom stereocenters. The van der Waals surface area contributed by atoms with E-state index in [1.165, 1.54) is 28.5 Å². The Morgan fingerprint density at radius 3 is 3.00 bits per heavy atom. The van der Waals surface area contributed by atoms with E-state index in [0.717, 1.165) is 19.5 Å². The molecule has 0 unspecified atom stereocenters. The largest absolute Gasteiger partial charge is 0.361 e. The van der Waals surface area contributed by atoms with Crippen LogP contribution >= 0.6 is 0 Å². The smallest absolute Gasteiger partial charge is 0.119 e. The zero-order valence-corrected chi connectivity index (χ0v) is 13.3. The number of nitrogens with one attached hydrogen (secondary N) is 1. The van der Waals surface area contributed by atoms with Crippen LogP contribution in [0.4, 0.5) is 0 Å². The van der Waals surface area contributed by atoms with Gasteiger partial charge in [0, 0.05) is 42.1 Å². The van der Waals surface area contributed by atoms with E-state index in [2.05, 4.69) is 56.1 Å². The lowest BCUT2D eigenvalue weighted by atomic mass is 9.72. The summed E-state index contributed by atoms with van der Waals surface area (Å²) in [6.07, 6.45) is 8.28. The van der Waals surface area contributed by atoms with E-state index in [0.29, 0.717) is 17.9 Å². The van der Waals surface area contributed by atoms with Crippen LogP contribution in [0.3, 0.4) is 0 Å². The van der Waals surface area contributed by atoms with Gasteiger partial charge in [-0.2, -0.15) is 0 Å². The van der Waals surface area contributed by atoms with E-state index in [1.807, 2.05) is 12.7 Å². The van der Waals surface area contributed by atoms with Gasteiger partial charge in [-0.05, 0) is 43.0 Å². The average Bonchev–Trinajstić information content (AvgIpc) is 3.20. The maximum atomic E-state index is 3.94. The Bertz CT molecular complexity index is 834. The average molecular weight is 307 g/mol. The second-order valence-electron chi connectivity index (χ2n) is 7.16. The number of likely N-dealkylation sites (tertiary alicyclic amines) is 1. The van der Waals surface area contributed by atoms with Crippen LogP contribution in [0.25, 0.3) is 10.9 Å². The van der Waals surface area contributed by atoms with Crippen molar-refractivity contribution >= 4 is 10.9 Å². The van der Waals surface area contributed by atoms with Crippen molar-refractivity contribution in [2.45, 2.75) is 31.3 Å². The highest BCUT2D eigenvalue weighted by Gasteiger charge is 2.39. The summed E-state index contributed by atoms with van der Waals surface area (Å²) in [5.74, 6) is 1.27. The number of rotatable bonds is 2. The molecule has 1 saturated heterocycles. The molecule has 1 aliphatic heterocycles. The highest BCUT2D eigenvalue weighted by atomic mass is 15.2. The van der Waals surface area contributed by atoms with Gasteiger partial charge in [-0.3, -0.25) is 0 Å². The number of aromatic amines is 1. The van der Waals surface area contributed by atoms with E-state index in [9.17, 15) is 0 Å². The maximum Gasteiger partial charge on any atom is 0.119 e. The molecular formula is C18H21N5. The van der Waals surface area contributed by atoms with Gasteiger partial charge in [0.25, 0.3) is 0 Å². The van der Waals surface area contributed by atoms with Crippen molar-refractivity contribution in [1.82, 2.24) is 24.6 Å². The minimum Gasteiger partial charge on any atom is -0.361 e. The monoisotopic (exact) mass is 307 g/mol. The van der Waals surface area contributed by atoms with Crippen molar-refractivity contribution in [3.8, 4) is 0 Å². The Kier molecular flexibility index (Phi) is 2.85. The first kappa shape index (κ1) is 13.3. The lowest BCUT2D eigenvalue weighted by molar-refractivity contribution is 0.103. The summed E-state index contributed by atoms with van der Waals surface area (Å²) in [6, 6.07) is 7.36. The minimum atomic E-state index is 0.626. The number of H-pyrrole nitrogens is 1. The van der Waals surface area contributed by atoms with Crippen LogP contribution in [0.5, 0.6) is 0 Å². The Morgan fingerprint density at radius 2 is 2.13 bits per heavy atom. The lowest BCUT2D eigenvalue weighted by Crippen LogP contribution is -2.48. The van der Waals surface area contributed by atoms with Gasteiger partial charge in [0.05, 0.1) is 0 Å². The van der Waals surface area contributed by atoms with Crippen molar-refractivity contribution in [2.75, 3.05) is 13.6 Å². The van der Waals surface area contributed by atoms with Crippen LogP contribution < -0.4 is 0 Å². The molecule has 5 nitrogen and oxygen atoms in total. The SMILES string of the molecule is CN1C[C@H](Cn2cnnc2)C[C@@H]2c3cccc4[nH]cc(c34)C[C@H]21. The van der Waals surface area contributed by atoms with E-state index in [4.69, 9.17) is 0 Å². The van der Waals surface area contributed by atoms with Crippen molar-refractivity contribution in [3.63, 3.8) is 0 Å². The molecule has 1 aromatic carbocycles. The van der Waals surface area contributed by atoms with Crippen molar-refractivity contribution < 1.29 is 0 Å². The minimum absolute atomic E-state index is 0.626. The zero-order valence-electron chi connectivity index (χ0n) is 13.3. The second kappa shape index (κ2) is 4.93. The summed E-state index contributed by atoms with van der Waals surface area (Å²) in [5, 5.41) is 9.35. The van der Waals surface area contributed by atoms with Crippen LogP contribution in [0, 0.1) is 5.92 Å². The molecule has 5 rings (SSSR count). The molecule has 23 heavy (non-hydrogen) atoms. The highest BCUT2D eigenvalue weighted by Crippen LogP contribution is 2.44. The number of hydrogen-bond acceptors (Lipinski definition) is 3. The fraction of sp³-hybridized carbons (Fsp3) is 0.444. The van der Waals surface area contributed by atoms with E-state index < -0.39 is 0 Å². The van der Waals surface area contributed by atoms with Gasteiger partial charge < -0.3 is 14.5 Å². The molecule has 2 aromatic heterocycles. The molecule has 2 aliphatic rings. The molecule has 0 saturated carbocycles. The first-order valence-electron chi connectivity index (χ1n) is 8.41. The van der Waals surface area contributed by atoms with Crippen molar-refractivity contribution in [3.05, 3.63) is 48.2 Å². The third-order valence-electron chi connectivity index (χ3n) is 5.75. The number of likely N-dealkylation sites (N-methyl/N-ethyl adjacent to an activating group) is 1. The zero-order chi connectivity index (χ0) is 15.4. The molecule has 0 spiro atoms. The Morgan fingerprint density at radius 1 is 1.26 bits per heavy atom. The highest BCUT2D eigenvalue weighted by molar-refractivity contribution is 5.88. The van der Waals surface area contributed by atoms with Gasteiger partial charge >= 0.3 is 0 Å². The van der Waals surface area contributed by atoms with E-state index in [1.54, 1.807) is 0 Å². The molecule has 3 heterocycles. The van der Waals surface area contributed by atoms with Crippen LogP contribution in [0.2, 0.25) is 0 Å². The Balaban J connectivity index is 1.52. The Labute approximate surface area is 135 Å². The normalized spacial score (nSPS) is 27.3. The summed E-state index contributed by atoms with van der Waals surface area (Å²) in [7, 11) is 2.29. The van der Waals surface area contributed by atoms with Crippen molar-refractivity contribution in [1.29, 1.82) is 0 Å². The number of nitrogens with zero attached hydrogens (tertiary/aromatic N) is 4. The number of piperidine rings is 1. The fourth-order valence-electron chi connectivity index (χ4n) is 4.80. The standard InChI is InChI=1S/C18H21N5/c1-22-8-12(9-23-10-20-21-11-23)5-15-14-3-2-4-16-18(14)13(7-19-16)6-17(15)22/h2-4,7,10-12,15,17,19H,5-6,8-9H2,1H3/t12-,15-,17-/m1/s1. The molecule has 1 aliphatic carbocycles. The third kappa shape index (κ3) is 2.03. The topological polar surface area (TPSA) is 49.7 Å². The molecule has 5 heteroatoms. The van der Waals surface area contributed by atoms with E-state index in [-0.39, 0.29) is 0 Å². The number of benzene rings is 1. The van der Waals surface area contributed by atoms with Crippen molar-refractivity contribution in [2.24, 2.45) is 5.92 Å². The third-order valence-corrected chi connectivity index (χ3v) is 5.75. The van der Waals surface area contributed by atoms with Crippen LogP contribution in [-0.2, 0) is 13.0 Å². The van der Waals surface area contributed by atoms with Crippen LogP contribution in [-0.4, -0.2) is 44.3 Å². The first-order chi connectivity index (χ1) is 11.3. The van der Waals surface area contributed by atoms with Gasteiger partial charge in [0.1, 0.15) is 12.7 Å². The fourth-order valence-corrected chi connectivity index (χ4v) is 4.80. The van der Waals surface area contributed by atoms with Gasteiger partial charge in [-0.15, -0.1) is 10.2 Å². The summed E-state index contributed by atoms with van der Waals surface area (Å²) in [6.45, 7) is 2.16.